The van der Waals surface area contributed by atoms with Crippen LogP contribution < -0.4 is 5.32 Å². The SMILES string of the molecule is COC(=O)c1nc(C2CCCCCC2)nc2c1CNCC2. The molecule has 1 aromatic heterocycles. The van der Waals surface area contributed by atoms with Gasteiger partial charge in [-0.25, -0.2) is 14.8 Å². The zero-order valence-corrected chi connectivity index (χ0v) is 12.7. The summed E-state index contributed by atoms with van der Waals surface area (Å²) in [6, 6.07) is 0. The normalized spacial score (nSPS) is 19.7. The number of ether oxygens (including phenoxy) is 1. The van der Waals surface area contributed by atoms with E-state index in [2.05, 4.69) is 10.3 Å². The molecular formula is C16H23N3O2. The Labute approximate surface area is 125 Å². The number of nitrogens with one attached hydrogen (secondary N) is 1. The van der Waals surface area contributed by atoms with Gasteiger partial charge in [-0.2, -0.15) is 0 Å². The van der Waals surface area contributed by atoms with Crippen molar-refractivity contribution in [2.45, 2.75) is 57.4 Å². The highest BCUT2D eigenvalue weighted by Gasteiger charge is 2.25. The number of carbonyl (C=O) groups is 1. The summed E-state index contributed by atoms with van der Waals surface area (Å²) < 4.78 is 4.91. The summed E-state index contributed by atoms with van der Waals surface area (Å²) in [6.07, 6.45) is 8.21. The molecule has 3 rings (SSSR count). The molecule has 2 aliphatic rings. The van der Waals surface area contributed by atoms with E-state index in [1.807, 2.05) is 0 Å². The fourth-order valence-corrected chi connectivity index (χ4v) is 3.35. The van der Waals surface area contributed by atoms with Gasteiger partial charge in [-0.15, -0.1) is 0 Å². The van der Waals surface area contributed by atoms with Crippen molar-refractivity contribution >= 4 is 5.97 Å². The van der Waals surface area contributed by atoms with Gasteiger partial charge in [0.2, 0.25) is 0 Å². The van der Waals surface area contributed by atoms with Gasteiger partial charge in [0.25, 0.3) is 0 Å². The number of esters is 1. The Morgan fingerprint density at radius 1 is 1.19 bits per heavy atom. The van der Waals surface area contributed by atoms with Crippen molar-refractivity contribution in [2.75, 3.05) is 13.7 Å². The van der Waals surface area contributed by atoms with Crippen LogP contribution in [-0.4, -0.2) is 29.6 Å². The smallest absolute Gasteiger partial charge is 0.357 e. The van der Waals surface area contributed by atoms with Gasteiger partial charge >= 0.3 is 5.97 Å². The molecule has 0 amide bonds. The number of fused-ring (bicyclic) bond motifs is 1. The summed E-state index contributed by atoms with van der Waals surface area (Å²) in [7, 11) is 1.42. The number of methoxy groups -OCH3 is 1. The van der Waals surface area contributed by atoms with Crippen LogP contribution in [0.3, 0.4) is 0 Å². The van der Waals surface area contributed by atoms with Crippen molar-refractivity contribution in [2.24, 2.45) is 0 Å². The Hall–Kier alpha value is -1.49. The van der Waals surface area contributed by atoms with E-state index in [0.717, 1.165) is 42.9 Å². The van der Waals surface area contributed by atoms with Crippen LogP contribution in [0.5, 0.6) is 0 Å². The van der Waals surface area contributed by atoms with Crippen LogP contribution in [-0.2, 0) is 17.7 Å². The summed E-state index contributed by atoms with van der Waals surface area (Å²) in [4.78, 5) is 21.4. The minimum Gasteiger partial charge on any atom is -0.464 e. The number of aromatic nitrogens is 2. The van der Waals surface area contributed by atoms with Crippen LogP contribution in [0.15, 0.2) is 0 Å². The summed E-state index contributed by atoms with van der Waals surface area (Å²) in [5.74, 6) is 0.918. The van der Waals surface area contributed by atoms with Crippen LogP contribution >= 0.6 is 0 Å². The molecule has 0 bridgehead atoms. The van der Waals surface area contributed by atoms with Crippen molar-refractivity contribution in [3.05, 3.63) is 22.8 Å². The van der Waals surface area contributed by atoms with Gasteiger partial charge in [-0.3, -0.25) is 0 Å². The minimum absolute atomic E-state index is 0.341. The average molecular weight is 289 g/mol. The first-order chi connectivity index (χ1) is 10.3. The molecule has 0 unspecified atom stereocenters. The fraction of sp³-hybridized carbons (Fsp3) is 0.688. The van der Waals surface area contributed by atoms with Gasteiger partial charge in [0, 0.05) is 31.0 Å². The third kappa shape index (κ3) is 3.07. The average Bonchev–Trinajstić information content (AvgIpc) is 2.82. The third-order valence-corrected chi connectivity index (χ3v) is 4.55. The van der Waals surface area contributed by atoms with Crippen molar-refractivity contribution < 1.29 is 9.53 Å². The van der Waals surface area contributed by atoms with Crippen LogP contribution in [0.2, 0.25) is 0 Å². The van der Waals surface area contributed by atoms with Gasteiger partial charge in [-0.1, -0.05) is 25.7 Å². The molecular weight excluding hydrogens is 266 g/mol. The first kappa shape index (κ1) is 14.4. The monoisotopic (exact) mass is 289 g/mol. The van der Waals surface area contributed by atoms with Gasteiger partial charge in [0.05, 0.1) is 12.8 Å². The highest BCUT2D eigenvalue weighted by atomic mass is 16.5. The van der Waals surface area contributed by atoms with Crippen LogP contribution in [0, 0.1) is 0 Å². The van der Waals surface area contributed by atoms with Crippen molar-refractivity contribution in [3.8, 4) is 0 Å². The molecule has 114 valence electrons. The maximum absolute atomic E-state index is 12.0. The Balaban J connectivity index is 1.98. The van der Waals surface area contributed by atoms with Crippen molar-refractivity contribution in [3.63, 3.8) is 0 Å². The predicted molar refractivity (Wildman–Crippen MR) is 79.2 cm³/mol. The number of rotatable bonds is 2. The van der Waals surface area contributed by atoms with Gasteiger partial charge < -0.3 is 10.1 Å². The lowest BCUT2D eigenvalue weighted by molar-refractivity contribution is 0.0591. The number of hydrogen-bond donors (Lipinski definition) is 1. The highest BCUT2D eigenvalue weighted by Crippen LogP contribution is 2.31. The van der Waals surface area contributed by atoms with E-state index < -0.39 is 0 Å². The van der Waals surface area contributed by atoms with E-state index in [9.17, 15) is 4.79 Å². The van der Waals surface area contributed by atoms with E-state index >= 15 is 0 Å². The summed E-state index contributed by atoms with van der Waals surface area (Å²) in [6.45, 7) is 1.57. The molecule has 0 aromatic carbocycles. The molecule has 5 nitrogen and oxygen atoms in total. The molecule has 0 saturated heterocycles. The predicted octanol–water partition coefficient (Wildman–Crippen LogP) is 2.35. The molecule has 1 aliphatic heterocycles. The first-order valence-electron chi connectivity index (χ1n) is 7.98. The van der Waals surface area contributed by atoms with Crippen molar-refractivity contribution in [1.29, 1.82) is 0 Å². The second kappa shape index (κ2) is 6.52. The summed E-state index contributed by atoms with van der Waals surface area (Å²) >= 11 is 0. The van der Waals surface area contributed by atoms with E-state index in [0.29, 0.717) is 18.2 Å². The quantitative estimate of drug-likeness (QED) is 0.669. The Bertz CT molecular complexity index is 522. The third-order valence-electron chi connectivity index (χ3n) is 4.55. The molecule has 5 heteroatoms. The maximum Gasteiger partial charge on any atom is 0.357 e. The van der Waals surface area contributed by atoms with E-state index in [1.165, 1.54) is 32.8 Å². The second-order valence-electron chi connectivity index (χ2n) is 5.96. The van der Waals surface area contributed by atoms with Crippen LogP contribution in [0.25, 0.3) is 0 Å². The topological polar surface area (TPSA) is 64.1 Å². The molecule has 0 radical (unpaired) electrons. The van der Waals surface area contributed by atoms with Gasteiger partial charge in [0.15, 0.2) is 5.69 Å². The highest BCUT2D eigenvalue weighted by molar-refractivity contribution is 5.89. The number of nitrogens with zero attached hydrogens (tertiary/aromatic N) is 2. The van der Waals surface area contributed by atoms with E-state index in [4.69, 9.17) is 9.72 Å². The Kier molecular flexibility index (Phi) is 4.48. The van der Waals surface area contributed by atoms with E-state index in [-0.39, 0.29) is 5.97 Å². The molecule has 0 atom stereocenters. The van der Waals surface area contributed by atoms with Crippen LogP contribution in [0.1, 0.15) is 72.0 Å². The van der Waals surface area contributed by atoms with Crippen molar-refractivity contribution in [1.82, 2.24) is 15.3 Å². The number of hydrogen-bond acceptors (Lipinski definition) is 5. The minimum atomic E-state index is -0.341. The lowest BCUT2D eigenvalue weighted by atomic mass is 9.97. The maximum atomic E-state index is 12.0. The Morgan fingerprint density at radius 3 is 2.67 bits per heavy atom. The molecule has 1 fully saturated rings. The zero-order chi connectivity index (χ0) is 14.7. The molecule has 21 heavy (non-hydrogen) atoms. The molecule has 1 N–H and O–H groups in total. The summed E-state index contributed by atoms with van der Waals surface area (Å²) in [5.41, 5.74) is 2.42. The number of carbonyl (C=O) groups excluding carboxylic acids is 1. The molecule has 1 aliphatic carbocycles. The molecule has 2 heterocycles. The zero-order valence-electron chi connectivity index (χ0n) is 12.7. The van der Waals surface area contributed by atoms with Crippen LogP contribution in [0.4, 0.5) is 0 Å². The molecule has 0 spiro atoms. The van der Waals surface area contributed by atoms with Gasteiger partial charge in [0.1, 0.15) is 5.82 Å². The molecule has 1 saturated carbocycles. The standard InChI is InChI=1S/C16H23N3O2/c1-21-16(20)14-12-10-17-9-8-13(12)18-15(19-14)11-6-4-2-3-5-7-11/h11,17H,2-10H2,1H3. The largest absolute Gasteiger partial charge is 0.464 e. The second-order valence-corrected chi connectivity index (χ2v) is 5.96. The van der Waals surface area contributed by atoms with Gasteiger partial charge in [-0.05, 0) is 12.8 Å². The Morgan fingerprint density at radius 2 is 1.95 bits per heavy atom. The van der Waals surface area contributed by atoms with E-state index in [1.54, 1.807) is 0 Å². The molecule has 1 aromatic rings. The lowest BCUT2D eigenvalue weighted by Gasteiger charge is -2.21. The lowest BCUT2D eigenvalue weighted by Crippen LogP contribution is -2.29. The fourth-order valence-electron chi connectivity index (χ4n) is 3.35. The summed E-state index contributed by atoms with van der Waals surface area (Å²) in [5, 5.41) is 3.28. The first-order valence-corrected chi connectivity index (χ1v) is 7.98.